The Morgan fingerprint density at radius 3 is 2.18 bits per heavy atom. The summed E-state index contributed by atoms with van der Waals surface area (Å²) in [5.41, 5.74) is 2.38. The summed E-state index contributed by atoms with van der Waals surface area (Å²) in [5.74, 6) is 0.0952. The summed E-state index contributed by atoms with van der Waals surface area (Å²) in [6, 6.07) is 8.37. The Kier molecular flexibility index (Phi) is 5.53. The lowest BCUT2D eigenvalue weighted by Crippen LogP contribution is -2.22. The van der Waals surface area contributed by atoms with E-state index in [9.17, 15) is 4.79 Å². The summed E-state index contributed by atoms with van der Waals surface area (Å²) < 4.78 is 0. The summed E-state index contributed by atoms with van der Waals surface area (Å²) in [5, 5.41) is 2.87. The van der Waals surface area contributed by atoms with Gasteiger partial charge < -0.3 is 10.2 Å². The van der Waals surface area contributed by atoms with Crippen LogP contribution in [0.2, 0.25) is 0 Å². The number of amides is 1. The lowest BCUT2D eigenvalue weighted by atomic mass is 10.2. The molecule has 0 fully saturated rings. The molecule has 0 unspecified atom stereocenters. The van der Waals surface area contributed by atoms with Gasteiger partial charge in [-0.15, -0.1) is 0 Å². The Morgan fingerprint density at radius 2 is 1.71 bits per heavy atom. The molecule has 17 heavy (non-hydrogen) atoms. The van der Waals surface area contributed by atoms with Crippen molar-refractivity contribution in [1.29, 1.82) is 0 Å². The van der Waals surface area contributed by atoms with Crippen LogP contribution < -0.4 is 10.2 Å². The minimum Gasteiger partial charge on any atom is -0.372 e. The first-order chi connectivity index (χ1) is 8.21. The molecule has 1 aromatic rings. The molecule has 0 radical (unpaired) electrons. The number of rotatable bonds is 6. The number of nitrogens with zero attached hydrogens (tertiary/aromatic N) is 1. The van der Waals surface area contributed by atoms with Crippen LogP contribution in [0.3, 0.4) is 0 Å². The molecule has 0 atom stereocenters. The van der Waals surface area contributed by atoms with Crippen LogP contribution in [0.25, 0.3) is 0 Å². The van der Waals surface area contributed by atoms with Gasteiger partial charge in [-0.05, 0) is 31.5 Å². The maximum Gasteiger partial charge on any atom is 0.219 e. The molecule has 1 aromatic carbocycles. The van der Waals surface area contributed by atoms with Gasteiger partial charge in [0.05, 0.1) is 0 Å². The fraction of sp³-hybridized carbons (Fsp3) is 0.500. The van der Waals surface area contributed by atoms with E-state index in [0.29, 0.717) is 13.0 Å². The van der Waals surface area contributed by atoms with Crippen LogP contribution in [0.5, 0.6) is 0 Å². The third-order valence-electron chi connectivity index (χ3n) is 2.88. The van der Waals surface area contributed by atoms with Crippen LogP contribution in [0, 0.1) is 0 Å². The smallest absolute Gasteiger partial charge is 0.219 e. The largest absolute Gasteiger partial charge is 0.372 e. The molecule has 0 saturated heterocycles. The lowest BCUT2D eigenvalue weighted by molar-refractivity contribution is -0.120. The van der Waals surface area contributed by atoms with E-state index < -0.39 is 0 Å². The van der Waals surface area contributed by atoms with E-state index >= 15 is 0 Å². The van der Waals surface area contributed by atoms with Crippen molar-refractivity contribution in [3.63, 3.8) is 0 Å². The van der Waals surface area contributed by atoms with Crippen LogP contribution in [0.1, 0.15) is 32.8 Å². The summed E-state index contributed by atoms with van der Waals surface area (Å²) in [6.45, 7) is 8.81. The Labute approximate surface area is 104 Å². The van der Waals surface area contributed by atoms with Crippen molar-refractivity contribution in [2.24, 2.45) is 0 Å². The van der Waals surface area contributed by atoms with Crippen molar-refractivity contribution in [1.82, 2.24) is 5.32 Å². The van der Waals surface area contributed by atoms with Gasteiger partial charge in [0.1, 0.15) is 0 Å². The molecule has 94 valence electrons. The maximum atomic E-state index is 11.1. The Balaban J connectivity index is 2.58. The van der Waals surface area contributed by atoms with E-state index in [0.717, 1.165) is 18.7 Å². The Hall–Kier alpha value is -1.51. The van der Waals surface area contributed by atoms with Crippen molar-refractivity contribution in [2.75, 3.05) is 18.0 Å². The lowest BCUT2D eigenvalue weighted by Gasteiger charge is -2.21. The summed E-state index contributed by atoms with van der Waals surface area (Å²) in [6.07, 6.45) is 0.539. The summed E-state index contributed by atoms with van der Waals surface area (Å²) in [7, 11) is 0. The fourth-order valence-corrected chi connectivity index (χ4v) is 1.74. The van der Waals surface area contributed by atoms with Gasteiger partial charge in [0.15, 0.2) is 0 Å². The van der Waals surface area contributed by atoms with Gasteiger partial charge in [0, 0.05) is 31.7 Å². The number of carbonyl (C=O) groups is 1. The van der Waals surface area contributed by atoms with E-state index in [4.69, 9.17) is 0 Å². The second-order valence-electron chi connectivity index (χ2n) is 3.97. The fourth-order valence-electron chi connectivity index (χ4n) is 1.74. The molecule has 0 aromatic heterocycles. The van der Waals surface area contributed by atoms with Crippen molar-refractivity contribution in [3.8, 4) is 0 Å². The zero-order valence-corrected chi connectivity index (χ0v) is 11.0. The second kappa shape index (κ2) is 6.94. The first-order valence-corrected chi connectivity index (χ1v) is 6.31. The molecular weight excluding hydrogens is 212 g/mol. The van der Waals surface area contributed by atoms with Gasteiger partial charge in [-0.2, -0.15) is 0 Å². The van der Waals surface area contributed by atoms with E-state index in [1.165, 1.54) is 5.69 Å². The highest BCUT2D eigenvalue weighted by Crippen LogP contribution is 2.14. The average Bonchev–Trinajstić information content (AvgIpc) is 2.38. The average molecular weight is 234 g/mol. The van der Waals surface area contributed by atoms with Crippen molar-refractivity contribution < 1.29 is 4.79 Å². The van der Waals surface area contributed by atoms with Gasteiger partial charge in [-0.25, -0.2) is 0 Å². The highest BCUT2D eigenvalue weighted by Gasteiger charge is 2.02. The minimum atomic E-state index is 0.0952. The summed E-state index contributed by atoms with van der Waals surface area (Å²) in [4.78, 5) is 13.4. The molecule has 0 bridgehead atoms. The van der Waals surface area contributed by atoms with Crippen molar-refractivity contribution >= 4 is 11.6 Å². The van der Waals surface area contributed by atoms with Crippen LogP contribution in [0.15, 0.2) is 24.3 Å². The van der Waals surface area contributed by atoms with Gasteiger partial charge in [0.2, 0.25) is 5.91 Å². The standard InChI is InChI=1S/C14H22N2O/c1-4-14(17)15-11-12-7-9-13(10-8-12)16(5-2)6-3/h7-10H,4-6,11H2,1-3H3,(H,15,17). The first-order valence-electron chi connectivity index (χ1n) is 6.31. The van der Waals surface area contributed by atoms with Gasteiger partial charge in [-0.1, -0.05) is 19.1 Å². The monoisotopic (exact) mass is 234 g/mol. The number of benzene rings is 1. The highest BCUT2D eigenvalue weighted by atomic mass is 16.1. The molecule has 0 spiro atoms. The molecular formula is C14H22N2O. The Morgan fingerprint density at radius 1 is 1.12 bits per heavy atom. The zero-order valence-electron chi connectivity index (χ0n) is 11.0. The van der Waals surface area contributed by atoms with Gasteiger partial charge in [0.25, 0.3) is 0 Å². The zero-order chi connectivity index (χ0) is 12.7. The number of hydrogen-bond acceptors (Lipinski definition) is 2. The highest BCUT2D eigenvalue weighted by molar-refractivity contribution is 5.75. The predicted molar refractivity (Wildman–Crippen MR) is 72.1 cm³/mol. The van der Waals surface area contributed by atoms with Crippen LogP contribution in [0.4, 0.5) is 5.69 Å². The predicted octanol–water partition coefficient (Wildman–Crippen LogP) is 2.56. The number of carbonyl (C=O) groups excluding carboxylic acids is 1. The molecule has 1 amide bonds. The van der Waals surface area contributed by atoms with Gasteiger partial charge in [-0.3, -0.25) is 4.79 Å². The molecule has 3 heteroatoms. The molecule has 1 rings (SSSR count). The SMILES string of the molecule is CCC(=O)NCc1ccc(N(CC)CC)cc1. The topological polar surface area (TPSA) is 32.3 Å². The number of hydrogen-bond donors (Lipinski definition) is 1. The van der Waals surface area contributed by atoms with E-state index in [2.05, 4.69) is 48.3 Å². The Bertz CT molecular complexity index is 342. The molecule has 0 aliphatic carbocycles. The third kappa shape index (κ3) is 4.10. The maximum absolute atomic E-state index is 11.1. The quantitative estimate of drug-likeness (QED) is 0.820. The van der Waals surface area contributed by atoms with Crippen LogP contribution >= 0.6 is 0 Å². The minimum absolute atomic E-state index is 0.0952. The molecule has 0 heterocycles. The van der Waals surface area contributed by atoms with Crippen LogP contribution in [-0.2, 0) is 11.3 Å². The van der Waals surface area contributed by atoms with Crippen molar-refractivity contribution in [3.05, 3.63) is 29.8 Å². The summed E-state index contributed by atoms with van der Waals surface area (Å²) >= 11 is 0. The molecule has 0 aliphatic rings. The third-order valence-corrected chi connectivity index (χ3v) is 2.88. The normalized spacial score (nSPS) is 10.1. The first kappa shape index (κ1) is 13.6. The molecule has 0 aliphatic heterocycles. The number of nitrogens with one attached hydrogen (secondary N) is 1. The van der Waals surface area contributed by atoms with E-state index in [-0.39, 0.29) is 5.91 Å². The van der Waals surface area contributed by atoms with Crippen LogP contribution in [-0.4, -0.2) is 19.0 Å². The van der Waals surface area contributed by atoms with E-state index in [1.54, 1.807) is 0 Å². The molecule has 3 nitrogen and oxygen atoms in total. The molecule has 0 saturated carbocycles. The second-order valence-corrected chi connectivity index (χ2v) is 3.97. The number of anilines is 1. The van der Waals surface area contributed by atoms with E-state index in [1.807, 2.05) is 6.92 Å². The van der Waals surface area contributed by atoms with Crippen molar-refractivity contribution in [2.45, 2.75) is 33.7 Å². The molecule has 1 N–H and O–H groups in total. The van der Waals surface area contributed by atoms with Gasteiger partial charge >= 0.3 is 0 Å².